The average Bonchev–Trinajstić information content (AvgIpc) is 3.13. The quantitative estimate of drug-likeness (QED) is 0.825. The Morgan fingerprint density at radius 1 is 1.20 bits per heavy atom. The molecule has 2 amide bonds. The van der Waals surface area contributed by atoms with Crippen LogP contribution in [0.5, 0.6) is 5.75 Å². The van der Waals surface area contributed by atoms with Crippen molar-refractivity contribution in [3.8, 4) is 5.75 Å². The van der Waals surface area contributed by atoms with Crippen LogP contribution in [0.2, 0.25) is 0 Å². The van der Waals surface area contributed by atoms with Crippen molar-refractivity contribution in [1.29, 1.82) is 0 Å². The summed E-state index contributed by atoms with van der Waals surface area (Å²) in [6.45, 7) is 5.89. The van der Waals surface area contributed by atoms with Gasteiger partial charge in [-0.05, 0) is 50.5 Å². The third-order valence-corrected chi connectivity index (χ3v) is 3.23. The van der Waals surface area contributed by atoms with Crippen LogP contribution in [-0.2, 0) is 4.79 Å². The van der Waals surface area contributed by atoms with Gasteiger partial charge in [0, 0.05) is 11.5 Å². The number of hydrogen-bond donors (Lipinski definition) is 2. The monoisotopic (exact) mass is 276 g/mol. The molecule has 0 spiro atoms. The van der Waals surface area contributed by atoms with Crippen molar-refractivity contribution >= 4 is 11.8 Å². The number of carbonyl (C=O) groups is 2. The van der Waals surface area contributed by atoms with E-state index in [1.165, 1.54) is 0 Å². The first-order chi connectivity index (χ1) is 9.47. The fourth-order valence-corrected chi connectivity index (χ4v) is 1.93. The maximum absolute atomic E-state index is 11.8. The van der Waals surface area contributed by atoms with Crippen LogP contribution in [0.3, 0.4) is 0 Å². The Kier molecular flexibility index (Phi) is 4.27. The smallest absolute Gasteiger partial charge is 0.269 e. The molecule has 2 N–H and O–H groups in total. The van der Waals surface area contributed by atoms with Crippen LogP contribution in [0.25, 0.3) is 0 Å². The molecule has 0 aliphatic heterocycles. The van der Waals surface area contributed by atoms with Crippen LogP contribution in [-0.4, -0.2) is 17.9 Å². The lowest BCUT2D eigenvalue weighted by atomic mass is 10.2. The molecule has 0 saturated heterocycles. The molecule has 20 heavy (non-hydrogen) atoms. The summed E-state index contributed by atoms with van der Waals surface area (Å²) >= 11 is 0. The second-order valence-corrected chi connectivity index (χ2v) is 5.45. The summed E-state index contributed by atoms with van der Waals surface area (Å²) in [5, 5.41) is 0. The van der Waals surface area contributed by atoms with E-state index in [9.17, 15) is 9.59 Å². The molecule has 1 aromatic rings. The van der Waals surface area contributed by atoms with Gasteiger partial charge in [0.05, 0.1) is 6.10 Å². The topological polar surface area (TPSA) is 67.4 Å². The summed E-state index contributed by atoms with van der Waals surface area (Å²) in [4.78, 5) is 23.4. The van der Waals surface area contributed by atoms with E-state index in [2.05, 4.69) is 10.9 Å². The third-order valence-electron chi connectivity index (χ3n) is 3.23. The summed E-state index contributed by atoms with van der Waals surface area (Å²) < 4.78 is 5.50. The number of benzene rings is 1. The molecule has 0 unspecified atom stereocenters. The number of nitrogens with one attached hydrogen (secondary N) is 2. The van der Waals surface area contributed by atoms with Gasteiger partial charge < -0.3 is 4.74 Å². The molecule has 0 radical (unpaired) electrons. The highest BCUT2D eigenvalue weighted by atomic mass is 16.5. The van der Waals surface area contributed by atoms with Crippen molar-refractivity contribution in [2.24, 2.45) is 11.8 Å². The number of hydrogen-bond acceptors (Lipinski definition) is 3. The van der Waals surface area contributed by atoms with E-state index in [0.29, 0.717) is 17.2 Å². The van der Waals surface area contributed by atoms with Gasteiger partial charge in [-0.2, -0.15) is 0 Å². The van der Waals surface area contributed by atoms with Gasteiger partial charge in [-0.3, -0.25) is 20.4 Å². The Morgan fingerprint density at radius 2 is 1.80 bits per heavy atom. The number of rotatable bonds is 4. The summed E-state index contributed by atoms with van der Waals surface area (Å²) in [6, 6.07) is 6.80. The first-order valence-electron chi connectivity index (χ1n) is 6.84. The summed E-state index contributed by atoms with van der Waals surface area (Å²) in [5.41, 5.74) is 5.35. The van der Waals surface area contributed by atoms with Gasteiger partial charge in [0.2, 0.25) is 5.91 Å². The summed E-state index contributed by atoms with van der Waals surface area (Å²) in [7, 11) is 0. The predicted octanol–water partition coefficient (Wildman–Crippen LogP) is 1.89. The molecule has 1 aromatic carbocycles. The van der Waals surface area contributed by atoms with Crippen LogP contribution < -0.4 is 15.6 Å². The molecule has 0 heterocycles. The van der Waals surface area contributed by atoms with Crippen molar-refractivity contribution in [1.82, 2.24) is 10.9 Å². The maximum atomic E-state index is 11.8. The van der Waals surface area contributed by atoms with E-state index in [1.807, 2.05) is 20.8 Å². The molecule has 5 nitrogen and oxygen atoms in total. The van der Waals surface area contributed by atoms with Crippen molar-refractivity contribution in [2.75, 3.05) is 0 Å². The Balaban J connectivity index is 1.84. The molecule has 0 aromatic heterocycles. The second kappa shape index (κ2) is 5.94. The molecule has 1 aliphatic carbocycles. The Morgan fingerprint density at radius 3 is 2.30 bits per heavy atom. The van der Waals surface area contributed by atoms with Gasteiger partial charge in [0.25, 0.3) is 5.91 Å². The van der Waals surface area contributed by atoms with E-state index in [1.54, 1.807) is 24.3 Å². The van der Waals surface area contributed by atoms with Gasteiger partial charge >= 0.3 is 0 Å². The van der Waals surface area contributed by atoms with E-state index >= 15 is 0 Å². The van der Waals surface area contributed by atoms with Crippen molar-refractivity contribution in [3.05, 3.63) is 29.8 Å². The van der Waals surface area contributed by atoms with Crippen molar-refractivity contribution < 1.29 is 14.3 Å². The zero-order valence-electron chi connectivity index (χ0n) is 12.0. The molecule has 1 fully saturated rings. The fraction of sp³-hybridized carbons (Fsp3) is 0.467. The van der Waals surface area contributed by atoms with E-state index < -0.39 is 0 Å². The summed E-state index contributed by atoms with van der Waals surface area (Å²) in [6.07, 6.45) is 0.984. The van der Waals surface area contributed by atoms with Crippen LogP contribution in [0.15, 0.2) is 24.3 Å². The molecule has 2 rings (SSSR count). The van der Waals surface area contributed by atoms with Crippen molar-refractivity contribution in [3.63, 3.8) is 0 Å². The van der Waals surface area contributed by atoms with Gasteiger partial charge in [-0.15, -0.1) is 0 Å². The van der Waals surface area contributed by atoms with E-state index in [4.69, 9.17) is 4.74 Å². The highest BCUT2D eigenvalue weighted by molar-refractivity contribution is 5.95. The minimum absolute atomic E-state index is 0.0390. The minimum Gasteiger partial charge on any atom is -0.491 e. The second-order valence-electron chi connectivity index (χ2n) is 5.45. The highest BCUT2D eigenvalue weighted by Crippen LogP contribution is 2.37. The zero-order valence-corrected chi connectivity index (χ0v) is 12.0. The number of ether oxygens (including phenoxy) is 1. The maximum Gasteiger partial charge on any atom is 0.269 e. The number of hydrazine groups is 1. The lowest BCUT2D eigenvalue weighted by molar-refractivity contribution is -0.123. The first-order valence-corrected chi connectivity index (χ1v) is 6.84. The Bertz CT molecular complexity index is 496. The minimum atomic E-state index is -0.331. The summed E-state index contributed by atoms with van der Waals surface area (Å²) in [5.74, 6) is 0.720. The third kappa shape index (κ3) is 3.73. The fourth-order valence-electron chi connectivity index (χ4n) is 1.93. The van der Waals surface area contributed by atoms with Gasteiger partial charge in [-0.25, -0.2) is 0 Å². The first kappa shape index (κ1) is 14.4. The molecule has 108 valence electrons. The van der Waals surface area contributed by atoms with Crippen LogP contribution in [0, 0.1) is 11.8 Å². The molecule has 0 bridgehead atoms. The lowest BCUT2D eigenvalue weighted by Gasteiger charge is -2.10. The predicted molar refractivity (Wildman–Crippen MR) is 75.1 cm³/mol. The number of amides is 2. The van der Waals surface area contributed by atoms with Gasteiger partial charge in [0.1, 0.15) is 5.75 Å². The molecule has 2 atom stereocenters. The van der Waals surface area contributed by atoms with Crippen molar-refractivity contribution in [2.45, 2.75) is 33.3 Å². The molecule has 1 aliphatic rings. The molecule has 1 saturated carbocycles. The molecular formula is C15H20N2O3. The molecule has 5 heteroatoms. The SMILES string of the molecule is CC(C)Oc1ccc(C(=O)NNC(=O)[C@H]2C[C@H]2C)cc1. The van der Waals surface area contributed by atoms with Gasteiger partial charge in [0.15, 0.2) is 0 Å². The van der Waals surface area contributed by atoms with Gasteiger partial charge in [-0.1, -0.05) is 6.92 Å². The average molecular weight is 276 g/mol. The zero-order chi connectivity index (χ0) is 14.7. The Labute approximate surface area is 118 Å². The number of carbonyl (C=O) groups excluding carboxylic acids is 2. The van der Waals surface area contributed by atoms with E-state index in [0.717, 1.165) is 6.42 Å². The standard InChI is InChI=1S/C15H20N2O3/c1-9(2)20-12-6-4-11(5-7-12)14(18)16-17-15(19)13-8-10(13)3/h4-7,9-10,13H,8H2,1-3H3,(H,16,18)(H,17,19)/t10-,13+/m1/s1. The Hall–Kier alpha value is -2.04. The van der Waals surface area contributed by atoms with Crippen LogP contribution in [0.4, 0.5) is 0 Å². The lowest BCUT2D eigenvalue weighted by Crippen LogP contribution is -2.42. The normalized spacial score (nSPS) is 20.4. The van der Waals surface area contributed by atoms with E-state index in [-0.39, 0.29) is 23.8 Å². The van der Waals surface area contributed by atoms with Crippen LogP contribution in [0.1, 0.15) is 37.6 Å². The molecular weight excluding hydrogens is 256 g/mol. The largest absolute Gasteiger partial charge is 0.491 e. The highest BCUT2D eigenvalue weighted by Gasteiger charge is 2.39. The van der Waals surface area contributed by atoms with Crippen LogP contribution >= 0.6 is 0 Å².